The highest BCUT2D eigenvalue weighted by molar-refractivity contribution is 6.04. The van der Waals surface area contributed by atoms with E-state index in [1.54, 1.807) is 6.07 Å². The first-order valence-electron chi connectivity index (χ1n) is 9.43. The number of hydrogen-bond acceptors (Lipinski definition) is 4. The van der Waals surface area contributed by atoms with Gasteiger partial charge in [-0.25, -0.2) is 4.79 Å². The van der Waals surface area contributed by atoms with Gasteiger partial charge in [0.15, 0.2) is 11.5 Å². The standard InChI is InChI=1S/C22H17F3N2O5/c1-32-17-7-11(5-6-16(17)28)14-9-18(29)26-19-15(21(30)31)10-27(20(14)19)13-4-2-3-12(8-13)22(23,24)25/h2-8,10,14,28H,9H2,1H3,(H,26,29)(H,30,31). The number of aromatic nitrogens is 1. The number of alkyl halides is 3. The van der Waals surface area contributed by atoms with E-state index in [2.05, 4.69) is 5.32 Å². The minimum Gasteiger partial charge on any atom is -0.504 e. The Balaban J connectivity index is 1.96. The number of phenolic OH excluding ortho intramolecular Hbond substituents is 1. The average Bonchev–Trinajstić information content (AvgIpc) is 3.12. The fourth-order valence-corrected chi connectivity index (χ4v) is 3.86. The van der Waals surface area contributed by atoms with Gasteiger partial charge in [-0.3, -0.25) is 4.79 Å². The predicted molar refractivity (Wildman–Crippen MR) is 107 cm³/mol. The Labute approximate surface area is 179 Å². The molecule has 7 nitrogen and oxygen atoms in total. The Bertz CT molecular complexity index is 1230. The molecule has 1 atom stereocenters. The normalized spacial score (nSPS) is 15.8. The second-order valence-corrected chi connectivity index (χ2v) is 7.26. The van der Waals surface area contributed by atoms with Crippen LogP contribution in [0.25, 0.3) is 5.69 Å². The zero-order valence-corrected chi connectivity index (χ0v) is 16.6. The number of ether oxygens (including phenoxy) is 1. The van der Waals surface area contributed by atoms with Gasteiger partial charge in [0.05, 0.1) is 24.1 Å². The molecule has 0 saturated heterocycles. The molecule has 3 aromatic rings. The van der Waals surface area contributed by atoms with Gasteiger partial charge < -0.3 is 24.8 Å². The summed E-state index contributed by atoms with van der Waals surface area (Å²) in [6.07, 6.45) is -3.47. The number of carboxylic acids is 1. The Kier molecular flexibility index (Phi) is 5.08. The molecule has 4 rings (SSSR count). The zero-order valence-electron chi connectivity index (χ0n) is 16.6. The lowest BCUT2D eigenvalue weighted by atomic mass is 9.88. The third kappa shape index (κ3) is 3.64. The van der Waals surface area contributed by atoms with Crippen LogP contribution >= 0.6 is 0 Å². The molecule has 1 unspecified atom stereocenters. The number of halogens is 3. The summed E-state index contributed by atoms with van der Waals surface area (Å²) in [5.41, 5.74) is -0.190. The molecular weight excluding hydrogens is 429 g/mol. The summed E-state index contributed by atoms with van der Waals surface area (Å²) in [6, 6.07) is 8.91. The van der Waals surface area contributed by atoms with Gasteiger partial charge in [-0.2, -0.15) is 13.2 Å². The molecule has 32 heavy (non-hydrogen) atoms. The molecule has 0 fully saturated rings. The average molecular weight is 446 g/mol. The number of hydrogen-bond donors (Lipinski definition) is 3. The van der Waals surface area contributed by atoms with Crippen molar-refractivity contribution in [3.05, 3.63) is 71.0 Å². The number of fused-ring (bicyclic) bond motifs is 1. The Morgan fingerprint density at radius 3 is 2.62 bits per heavy atom. The summed E-state index contributed by atoms with van der Waals surface area (Å²) in [5, 5.41) is 22.1. The molecule has 1 aliphatic rings. The Hall–Kier alpha value is -3.95. The largest absolute Gasteiger partial charge is 0.504 e. The van der Waals surface area contributed by atoms with Crippen molar-refractivity contribution >= 4 is 17.6 Å². The summed E-state index contributed by atoms with van der Waals surface area (Å²) in [4.78, 5) is 24.2. The fraction of sp³-hybridized carbons (Fsp3) is 0.182. The van der Waals surface area contributed by atoms with Gasteiger partial charge >= 0.3 is 12.1 Å². The number of carboxylic acid groups (broad SMARTS) is 1. The van der Waals surface area contributed by atoms with Crippen molar-refractivity contribution in [3.63, 3.8) is 0 Å². The molecule has 1 aliphatic heterocycles. The lowest BCUT2D eigenvalue weighted by molar-refractivity contribution is -0.137. The van der Waals surface area contributed by atoms with E-state index in [0.29, 0.717) is 11.3 Å². The number of aromatic carboxylic acids is 1. The van der Waals surface area contributed by atoms with Crippen LogP contribution in [0, 0.1) is 0 Å². The van der Waals surface area contributed by atoms with Gasteiger partial charge in [0.25, 0.3) is 0 Å². The predicted octanol–water partition coefficient (Wildman–Crippen LogP) is 4.38. The number of carbonyl (C=O) groups is 2. The second-order valence-electron chi connectivity index (χ2n) is 7.26. The first-order chi connectivity index (χ1) is 15.1. The third-order valence-electron chi connectivity index (χ3n) is 5.32. The molecule has 0 radical (unpaired) electrons. The molecule has 2 aromatic carbocycles. The van der Waals surface area contributed by atoms with Crippen molar-refractivity contribution in [2.45, 2.75) is 18.5 Å². The highest BCUT2D eigenvalue weighted by atomic mass is 19.4. The summed E-state index contributed by atoms with van der Waals surface area (Å²) in [7, 11) is 1.35. The van der Waals surface area contributed by atoms with Crippen molar-refractivity contribution in [2.24, 2.45) is 0 Å². The molecule has 2 heterocycles. The molecule has 1 amide bonds. The minimum atomic E-state index is -4.59. The number of phenols is 1. The Morgan fingerprint density at radius 2 is 1.97 bits per heavy atom. The van der Waals surface area contributed by atoms with E-state index in [4.69, 9.17) is 4.74 Å². The number of benzene rings is 2. The van der Waals surface area contributed by atoms with Crippen molar-refractivity contribution < 1.29 is 37.7 Å². The molecule has 166 valence electrons. The van der Waals surface area contributed by atoms with Crippen LogP contribution in [0.4, 0.5) is 18.9 Å². The van der Waals surface area contributed by atoms with Crippen LogP contribution in [0.1, 0.15) is 39.5 Å². The van der Waals surface area contributed by atoms with Crippen LogP contribution in [-0.2, 0) is 11.0 Å². The van der Waals surface area contributed by atoms with Gasteiger partial charge in [-0.05, 0) is 35.9 Å². The molecular formula is C22H17F3N2O5. The van der Waals surface area contributed by atoms with Gasteiger partial charge in [0.2, 0.25) is 5.91 Å². The number of nitrogens with zero attached hydrogens (tertiary/aromatic N) is 1. The minimum absolute atomic E-state index is 0.0169. The first-order valence-corrected chi connectivity index (χ1v) is 9.43. The highest BCUT2D eigenvalue weighted by Gasteiger charge is 2.36. The molecule has 3 N–H and O–H groups in total. The van der Waals surface area contributed by atoms with Crippen LogP contribution in [0.15, 0.2) is 48.7 Å². The maximum Gasteiger partial charge on any atom is 0.416 e. The summed E-state index contributed by atoms with van der Waals surface area (Å²) < 4.78 is 46.3. The van der Waals surface area contributed by atoms with E-state index < -0.39 is 29.5 Å². The van der Waals surface area contributed by atoms with Crippen molar-refractivity contribution in [1.29, 1.82) is 0 Å². The number of carbonyl (C=O) groups excluding carboxylic acids is 1. The lowest BCUT2D eigenvalue weighted by Crippen LogP contribution is -2.25. The Morgan fingerprint density at radius 1 is 1.22 bits per heavy atom. The van der Waals surface area contributed by atoms with E-state index in [-0.39, 0.29) is 34.9 Å². The van der Waals surface area contributed by atoms with E-state index in [9.17, 15) is 33.0 Å². The van der Waals surface area contributed by atoms with Crippen LogP contribution < -0.4 is 10.1 Å². The van der Waals surface area contributed by atoms with Crippen molar-refractivity contribution in [3.8, 4) is 17.2 Å². The van der Waals surface area contributed by atoms with E-state index >= 15 is 0 Å². The fourth-order valence-electron chi connectivity index (χ4n) is 3.86. The van der Waals surface area contributed by atoms with Crippen LogP contribution in [0.3, 0.4) is 0 Å². The molecule has 0 bridgehead atoms. The maximum absolute atomic E-state index is 13.3. The van der Waals surface area contributed by atoms with Crippen molar-refractivity contribution in [1.82, 2.24) is 4.57 Å². The molecule has 1 aromatic heterocycles. The van der Waals surface area contributed by atoms with E-state index in [0.717, 1.165) is 12.1 Å². The number of methoxy groups -OCH3 is 1. The van der Waals surface area contributed by atoms with E-state index in [1.165, 1.54) is 42.1 Å². The van der Waals surface area contributed by atoms with Crippen LogP contribution in [0.2, 0.25) is 0 Å². The number of rotatable bonds is 4. The molecule has 0 aliphatic carbocycles. The van der Waals surface area contributed by atoms with Gasteiger partial charge in [-0.1, -0.05) is 12.1 Å². The van der Waals surface area contributed by atoms with Crippen LogP contribution in [0.5, 0.6) is 11.5 Å². The van der Waals surface area contributed by atoms with Gasteiger partial charge in [0.1, 0.15) is 5.56 Å². The van der Waals surface area contributed by atoms with Crippen molar-refractivity contribution in [2.75, 3.05) is 12.4 Å². The molecule has 0 saturated carbocycles. The van der Waals surface area contributed by atoms with Gasteiger partial charge in [-0.15, -0.1) is 0 Å². The third-order valence-corrected chi connectivity index (χ3v) is 5.32. The summed E-state index contributed by atoms with van der Waals surface area (Å²) in [6.45, 7) is 0. The lowest BCUT2D eigenvalue weighted by Gasteiger charge is -2.26. The first kappa shape index (κ1) is 21.3. The number of aromatic hydroxyl groups is 1. The smallest absolute Gasteiger partial charge is 0.416 e. The van der Waals surface area contributed by atoms with E-state index in [1.807, 2.05) is 0 Å². The monoisotopic (exact) mass is 446 g/mol. The van der Waals surface area contributed by atoms with Gasteiger partial charge in [0, 0.05) is 24.2 Å². The summed E-state index contributed by atoms with van der Waals surface area (Å²) in [5.74, 6) is -2.46. The zero-order chi connectivity index (χ0) is 23.2. The second kappa shape index (κ2) is 7.63. The number of anilines is 1. The molecule has 0 spiro atoms. The number of amides is 1. The highest BCUT2D eigenvalue weighted by Crippen LogP contribution is 2.43. The summed E-state index contributed by atoms with van der Waals surface area (Å²) >= 11 is 0. The quantitative estimate of drug-likeness (QED) is 0.552. The topological polar surface area (TPSA) is 101 Å². The maximum atomic E-state index is 13.3. The molecule has 10 heteroatoms. The van der Waals surface area contributed by atoms with Crippen LogP contribution in [-0.4, -0.2) is 33.8 Å². The number of nitrogens with one attached hydrogen (secondary N) is 1. The SMILES string of the molecule is COc1cc(C2CC(=O)Nc3c(C(=O)O)cn(-c4cccc(C(F)(F)F)c4)c32)ccc1O.